The molecule has 0 unspecified atom stereocenters. The molecule has 0 N–H and O–H groups in total. The molecule has 5 nitrogen and oxygen atoms in total. The second-order valence-electron chi connectivity index (χ2n) is 4.34. The second kappa shape index (κ2) is 5.14. The van der Waals surface area contributed by atoms with E-state index in [0.29, 0.717) is 26.1 Å². The van der Waals surface area contributed by atoms with E-state index in [-0.39, 0.29) is 5.91 Å². The molecule has 0 bridgehead atoms. The molecule has 5 heteroatoms. The van der Waals surface area contributed by atoms with Gasteiger partial charge in [-0.25, -0.2) is 4.98 Å². The largest absolute Gasteiger partial charge is 0.486 e. The molecule has 98 valence electrons. The lowest BCUT2D eigenvalue weighted by Crippen LogP contribution is -2.15. The van der Waals surface area contributed by atoms with Crippen LogP contribution in [0.4, 0.5) is 0 Å². The zero-order valence-corrected chi connectivity index (χ0v) is 10.4. The predicted octanol–water partition coefficient (Wildman–Crippen LogP) is 1.93. The van der Waals surface area contributed by atoms with Gasteiger partial charge >= 0.3 is 0 Å². The van der Waals surface area contributed by atoms with Gasteiger partial charge in [0.2, 0.25) is 5.91 Å². The summed E-state index contributed by atoms with van der Waals surface area (Å²) in [5.41, 5.74) is 1.07. The van der Waals surface area contributed by atoms with E-state index in [0.717, 1.165) is 17.1 Å². The molecule has 0 atom stereocenters. The number of hydrogen-bond donors (Lipinski definition) is 0. The summed E-state index contributed by atoms with van der Waals surface area (Å²) in [5, 5.41) is 0. The van der Waals surface area contributed by atoms with Crippen molar-refractivity contribution in [1.82, 2.24) is 9.55 Å². The van der Waals surface area contributed by atoms with Gasteiger partial charge in [-0.1, -0.05) is 6.07 Å². The highest BCUT2D eigenvalue weighted by Gasteiger charge is 2.12. The van der Waals surface area contributed by atoms with Gasteiger partial charge in [-0.05, 0) is 24.1 Å². The number of imidazole rings is 1. The van der Waals surface area contributed by atoms with Crippen molar-refractivity contribution in [2.45, 2.75) is 12.8 Å². The smallest absolute Gasteiger partial charge is 0.232 e. The van der Waals surface area contributed by atoms with Crippen molar-refractivity contribution in [1.29, 1.82) is 0 Å². The van der Waals surface area contributed by atoms with Gasteiger partial charge in [-0.2, -0.15) is 0 Å². The second-order valence-corrected chi connectivity index (χ2v) is 4.34. The van der Waals surface area contributed by atoms with Gasteiger partial charge in [0, 0.05) is 18.8 Å². The Hall–Kier alpha value is -2.30. The Labute approximate surface area is 110 Å². The van der Waals surface area contributed by atoms with Gasteiger partial charge in [0.15, 0.2) is 11.5 Å². The molecule has 2 aromatic rings. The highest BCUT2D eigenvalue weighted by molar-refractivity contribution is 5.78. The molecule has 1 aromatic heterocycles. The summed E-state index contributed by atoms with van der Waals surface area (Å²) in [6, 6.07) is 5.80. The van der Waals surface area contributed by atoms with Crippen molar-refractivity contribution in [3.8, 4) is 11.5 Å². The first-order chi connectivity index (χ1) is 9.33. The topological polar surface area (TPSA) is 53.4 Å². The summed E-state index contributed by atoms with van der Waals surface area (Å²) in [6.45, 7) is 1.16. The van der Waals surface area contributed by atoms with Gasteiger partial charge in [-0.15, -0.1) is 0 Å². The van der Waals surface area contributed by atoms with Crippen molar-refractivity contribution in [3.05, 3.63) is 42.5 Å². The van der Waals surface area contributed by atoms with Crippen molar-refractivity contribution >= 4 is 5.91 Å². The molecule has 0 spiro atoms. The van der Waals surface area contributed by atoms with E-state index in [2.05, 4.69) is 4.98 Å². The van der Waals surface area contributed by atoms with E-state index >= 15 is 0 Å². The number of rotatable bonds is 3. The minimum atomic E-state index is 0.0346. The van der Waals surface area contributed by atoms with Crippen LogP contribution >= 0.6 is 0 Å². The van der Waals surface area contributed by atoms with Gasteiger partial charge in [0.05, 0.1) is 0 Å². The number of carbonyl (C=O) groups is 1. The molecule has 19 heavy (non-hydrogen) atoms. The zero-order valence-electron chi connectivity index (χ0n) is 10.4. The Kier molecular flexibility index (Phi) is 3.18. The maximum atomic E-state index is 11.8. The lowest BCUT2D eigenvalue weighted by molar-refractivity contribution is 0.0902. The van der Waals surface area contributed by atoms with E-state index in [1.165, 1.54) is 10.9 Å². The Morgan fingerprint density at radius 2 is 2.11 bits per heavy atom. The van der Waals surface area contributed by atoms with Gasteiger partial charge < -0.3 is 9.47 Å². The summed E-state index contributed by atoms with van der Waals surface area (Å²) < 4.78 is 12.5. The van der Waals surface area contributed by atoms with E-state index in [4.69, 9.17) is 9.47 Å². The number of hydrogen-bond acceptors (Lipinski definition) is 4. The number of aryl methyl sites for hydroxylation is 1. The lowest BCUT2D eigenvalue weighted by Gasteiger charge is -2.18. The van der Waals surface area contributed by atoms with Gasteiger partial charge in [-0.3, -0.25) is 9.36 Å². The molecule has 0 saturated heterocycles. The van der Waals surface area contributed by atoms with Crippen LogP contribution in [0.3, 0.4) is 0 Å². The molecule has 2 heterocycles. The fraction of sp³-hybridized carbons (Fsp3) is 0.286. The quantitative estimate of drug-likeness (QED) is 0.844. The van der Waals surface area contributed by atoms with Crippen LogP contribution in [-0.2, 0) is 6.42 Å². The maximum absolute atomic E-state index is 11.8. The molecule has 0 aliphatic carbocycles. The summed E-state index contributed by atoms with van der Waals surface area (Å²) in [4.78, 5) is 15.7. The molecule has 1 aliphatic rings. The SMILES string of the molecule is O=C(CCc1ccc2c(c1)OCCO2)n1ccnc1. The molecule has 0 radical (unpaired) electrons. The van der Waals surface area contributed by atoms with Crippen LogP contribution in [-0.4, -0.2) is 28.7 Å². The average molecular weight is 258 g/mol. The van der Waals surface area contributed by atoms with Gasteiger partial charge in [0.25, 0.3) is 0 Å². The van der Waals surface area contributed by atoms with Crippen LogP contribution in [0.1, 0.15) is 16.8 Å². The number of nitrogens with zero attached hydrogens (tertiary/aromatic N) is 2. The third-order valence-corrected chi connectivity index (χ3v) is 3.03. The number of ether oxygens (including phenoxy) is 2. The number of carbonyl (C=O) groups excluding carboxylic acids is 1. The van der Waals surface area contributed by atoms with Crippen LogP contribution < -0.4 is 9.47 Å². The summed E-state index contributed by atoms with van der Waals surface area (Å²) in [5.74, 6) is 1.57. The highest BCUT2D eigenvalue weighted by atomic mass is 16.6. The molecule has 0 fully saturated rings. The fourth-order valence-corrected chi connectivity index (χ4v) is 2.03. The zero-order chi connectivity index (χ0) is 13.1. The molecular weight excluding hydrogens is 244 g/mol. The third-order valence-electron chi connectivity index (χ3n) is 3.03. The third kappa shape index (κ3) is 2.59. The van der Waals surface area contributed by atoms with Crippen molar-refractivity contribution in [3.63, 3.8) is 0 Å². The van der Waals surface area contributed by atoms with Crippen molar-refractivity contribution in [2.24, 2.45) is 0 Å². The number of benzene rings is 1. The average Bonchev–Trinajstić information content (AvgIpc) is 2.99. The number of fused-ring (bicyclic) bond motifs is 1. The van der Waals surface area contributed by atoms with Crippen LogP contribution in [0.2, 0.25) is 0 Å². The molecule has 0 saturated carbocycles. The highest BCUT2D eigenvalue weighted by Crippen LogP contribution is 2.31. The fourth-order valence-electron chi connectivity index (χ4n) is 2.03. The Morgan fingerprint density at radius 1 is 1.26 bits per heavy atom. The molecule has 3 rings (SSSR count). The molecular formula is C14H14N2O3. The molecule has 0 amide bonds. The monoisotopic (exact) mass is 258 g/mol. The van der Waals surface area contributed by atoms with Crippen LogP contribution in [0, 0.1) is 0 Å². The van der Waals surface area contributed by atoms with Crippen LogP contribution in [0.5, 0.6) is 11.5 Å². The first kappa shape index (κ1) is 11.8. The first-order valence-corrected chi connectivity index (χ1v) is 6.22. The van der Waals surface area contributed by atoms with Gasteiger partial charge in [0.1, 0.15) is 19.5 Å². The normalized spacial score (nSPS) is 13.3. The summed E-state index contributed by atoms with van der Waals surface area (Å²) >= 11 is 0. The Bertz CT molecular complexity index is 578. The number of aromatic nitrogens is 2. The molecule has 1 aliphatic heterocycles. The van der Waals surface area contributed by atoms with E-state index in [9.17, 15) is 4.79 Å². The van der Waals surface area contributed by atoms with Crippen molar-refractivity contribution in [2.75, 3.05) is 13.2 Å². The Balaban J connectivity index is 1.65. The molecule has 1 aromatic carbocycles. The van der Waals surface area contributed by atoms with E-state index in [1.54, 1.807) is 12.4 Å². The van der Waals surface area contributed by atoms with Crippen LogP contribution in [0.25, 0.3) is 0 Å². The Morgan fingerprint density at radius 3 is 2.89 bits per heavy atom. The standard InChI is InChI=1S/C14H14N2O3/c17-14(16-6-5-15-10-16)4-2-11-1-3-12-13(9-11)19-8-7-18-12/h1,3,5-6,9-10H,2,4,7-8H2. The minimum Gasteiger partial charge on any atom is -0.486 e. The first-order valence-electron chi connectivity index (χ1n) is 6.22. The predicted molar refractivity (Wildman–Crippen MR) is 68.6 cm³/mol. The maximum Gasteiger partial charge on any atom is 0.232 e. The lowest BCUT2D eigenvalue weighted by atomic mass is 10.1. The summed E-state index contributed by atoms with van der Waals surface area (Å²) in [6.07, 6.45) is 5.89. The summed E-state index contributed by atoms with van der Waals surface area (Å²) in [7, 11) is 0. The van der Waals surface area contributed by atoms with E-state index < -0.39 is 0 Å². The van der Waals surface area contributed by atoms with Crippen molar-refractivity contribution < 1.29 is 14.3 Å². The van der Waals surface area contributed by atoms with E-state index in [1.807, 2.05) is 18.2 Å². The minimum absolute atomic E-state index is 0.0346. The van der Waals surface area contributed by atoms with Crippen LogP contribution in [0.15, 0.2) is 36.9 Å².